The van der Waals surface area contributed by atoms with Gasteiger partial charge in [0.05, 0.1) is 10.5 Å². The van der Waals surface area contributed by atoms with Gasteiger partial charge >= 0.3 is 6.36 Å². The van der Waals surface area contributed by atoms with Gasteiger partial charge in [-0.2, -0.15) is 0 Å². The molecule has 0 spiro atoms. The molecule has 11 heteroatoms. The van der Waals surface area contributed by atoms with Gasteiger partial charge in [0.2, 0.25) is 10.0 Å². The molecule has 36 heavy (non-hydrogen) atoms. The quantitative estimate of drug-likeness (QED) is 0.237. The molecule has 0 unspecified atom stereocenters. The molecule has 0 atom stereocenters. The van der Waals surface area contributed by atoms with Crippen molar-refractivity contribution in [3.63, 3.8) is 0 Å². The summed E-state index contributed by atoms with van der Waals surface area (Å²) in [5, 5.41) is 10.5. The van der Waals surface area contributed by atoms with E-state index in [9.17, 15) is 26.4 Å². The molecule has 0 aliphatic rings. The van der Waals surface area contributed by atoms with Crippen LogP contribution in [-0.4, -0.2) is 25.9 Å². The number of ether oxygens (including phenoxy) is 1. The van der Waals surface area contributed by atoms with Crippen LogP contribution in [0.25, 0.3) is 21.9 Å². The Kier molecular flexibility index (Phi) is 6.97. The number of amides is 1. The van der Waals surface area contributed by atoms with Crippen LogP contribution in [0.2, 0.25) is 0 Å². The van der Waals surface area contributed by atoms with Crippen molar-refractivity contribution >= 4 is 26.7 Å². The van der Waals surface area contributed by atoms with Crippen molar-refractivity contribution in [2.24, 2.45) is 0 Å². The first-order valence-electron chi connectivity index (χ1n) is 10.5. The molecule has 0 aliphatic heterocycles. The Balaban J connectivity index is 1.52. The van der Waals surface area contributed by atoms with Gasteiger partial charge in [-0.15, -0.1) is 13.2 Å². The minimum absolute atomic E-state index is 0.0442. The van der Waals surface area contributed by atoms with E-state index in [1.54, 1.807) is 41.9 Å². The van der Waals surface area contributed by atoms with E-state index >= 15 is 0 Å². The van der Waals surface area contributed by atoms with Crippen molar-refractivity contribution in [1.29, 1.82) is 0 Å². The fourth-order valence-electron chi connectivity index (χ4n) is 3.72. The molecular formula is C25H19F3N2O5S. The summed E-state index contributed by atoms with van der Waals surface area (Å²) in [7, 11) is -3.98. The molecule has 0 saturated heterocycles. The fraction of sp³-hybridized carbons (Fsp3) is 0.0800. The van der Waals surface area contributed by atoms with Crippen LogP contribution in [0.15, 0.2) is 89.8 Å². The van der Waals surface area contributed by atoms with Gasteiger partial charge in [0.25, 0.3) is 5.91 Å². The number of sulfonamides is 1. The molecule has 4 aromatic carbocycles. The van der Waals surface area contributed by atoms with E-state index in [0.29, 0.717) is 22.1 Å². The monoisotopic (exact) mass is 516 g/mol. The number of halogens is 3. The van der Waals surface area contributed by atoms with Gasteiger partial charge < -0.3 is 4.74 Å². The maximum Gasteiger partial charge on any atom is 0.573 e. The predicted molar refractivity (Wildman–Crippen MR) is 126 cm³/mol. The van der Waals surface area contributed by atoms with Crippen LogP contribution in [0.1, 0.15) is 15.9 Å². The molecule has 0 aromatic heterocycles. The summed E-state index contributed by atoms with van der Waals surface area (Å²) < 4.78 is 69.0. The zero-order valence-corrected chi connectivity index (χ0v) is 19.2. The molecule has 0 saturated carbocycles. The largest absolute Gasteiger partial charge is 0.573 e. The third-order valence-electron chi connectivity index (χ3n) is 5.38. The first-order chi connectivity index (χ1) is 17.1. The number of hydrogen-bond donors (Lipinski definition) is 3. The maximum absolute atomic E-state index is 12.9. The van der Waals surface area contributed by atoms with E-state index in [1.165, 1.54) is 48.5 Å². The number of fused-ring (bicyclic) bond motifs is 1. The summed E-state index contributed by atoms with van der Waals surface area (Å²) in [6, 6.07) is 21.3. The van der Waals surface area contributed by atoms with Crippen molar-refractivity contribution in [3.8, 4) is 16.9 Å². The molecule has 0 fully saturated rings. The Morgan fingerprint density at radius 3 is 2.08 bits per heavy atom. The molecule has 0 heterocycles. The molecular weight excluding hydrogens is 497 g/mol. The van der Waals surface area contributed by atoms with E-state index in [-0.39, 0.29) is 22.8 Å². The van der Waals surface area contributed by atoms with Crippen molar-refractivity contribution in [2.45, 2.75) is 17.8 Å². The van der Waals surface area contributed by atoms with E-state index in [1.807, 2.05) is 0 Å². The standard InChI is InChI=1S/C25H19F3N2O5S/c26-25(27,28)35-20-11-7-16(8-12-20)17-9-13-21(14-10-17)36(33,34)29-15-19-6-5-18-3-1-2-4-22(18)23(19)24(31)30-32/h1-14,29,32H,15H2,(H,30,31). The van der Waals surface area contributed by atoms with Crippen LogP contribution in [-0.2, 0) is 16.6 Å². The van der Waals surface area contributed by atoms with Crippen LogP contribution in [0.4, 0.5) is 13.2 Å². The minimum Gasteiger partial charge on any atom is -0.406 e. The number of rotatable bonds is 7. The summed E-state index contributed by atoms with van der Waals surface area (Å²) in [6.07, 6.45) is -4.79. The molecule has 1 amide bonds. The van der Waals surface area contributed by atoms with Crippen LogP contribution in [0.5, 0.6) is 5.75 Å². The minimum atomic E-state index is -4.79. The lowest BCUT2D eigenvalue weighted by Crippen LogP contribution is -2.26. The summed E-state index contributed by atoms with van der Waals surface area (Å²) in [6.45, 7) is -0.210. The van der Waals surface area contributed by atoms with Crippen LogP contribution in [0.3, 0.4) is 0 Å². The van der Waals surface area contributed by atoms with Gasteiger partial charge in [-0.3, -0.25) is 10.0 Å². The van der Waals surface area contributed by atoms with E-state index in [0.717, 1.165) is 5.39 Å². The Hall–Kier alpha value is -3.93. The second-order valence-electron chi connectivity index (χ2n) is 7.68. The normalized spacial score (nSPS) is 11.9. The summed E-state index contributed by atoms with van der Waals surface area (Å²) in [4.78, 5) is 12.3. The highest BCUT2D eigenvalue weighted by Crippen LogP contribution is 2.28. The van der Waals surface area contributed by atoms with Crippen molar-refractivity contribution < 1.29 is 36.3 Å². The predicted octanol–water partition coefficient (Wildman–Crippen LogP) is 5.00. The summed E-state index contributed by atoms with van der Waals surface area (Å²) in [5.41, 5.74) is 3.26. The van der Waals surface area contributed by atoms with Gasteiger partial charge in [-0.05, 0) is 51.7 Å². The van der Waals surface area contributed by atoms with Gasteiger partial charge in [0.15, 0.2) is 0 Å². The number of benzene rings is 4. The van der Waals surface area contributed by atoms with Gasteiger partial charge in [0.1, 0.15) is 5.75 Å². The second-order valence-corrected chi connectivity index (χ2v) is 9.45. The Morgan fingerprint density at radius 1 is 0.861 bits per heavy atom. The third kappa shape index (κ3) is 5.65. The first-order valence-corrected chi connectivity index (χ1v) is 12.0. The van der Waals surface area contributed by atoms with Crippen molar-refractivity contribution in [3.05, 3.63) is 96.1 Å². The van der Waals surface area contributed by atoms with Crippen molar-refractivity contribution in [1.82, 2.24) is 10.2 Å². The van der Waals surface area contributed by atoms with Gasteiger partial charge in [-0.25, -0.2) is 18.6 Å². The lowest BCUT2D eigenvalue weighted by atomic mass is 9.98. The molecule has 0 bridgehead atoms. The number of nitrogens with one attached hydrogen (secondary N) is 2. The van der Waals surface area contributed by atoms with Gasteiger partial charge in [-0.1, -0.05) is 60.7 Å². The molecule has 4 aromatic rings. The molecule has 4 rings (SSSR count). The number of alkyl halides is 3. The number of hydroxylamine groups is 1. The first kappa shape index (κ1) is 25.2. The maximum atomic E-state index is 12.9. The topological polar surface area (TPSA) is 105 Å². The molecule has 3 N–H and O–H groups in total. The van der Waals surface area contributed by atoms with Gasteiger partial charge in [0, 0.05) is 6.54 Å². The van der Waals surface area contributed by atoms with E-state index in [2.05, 4.69) is 9.46 Å². The lowest BCUT2D eigenvalue weighted by molar-refractivity contribution is -0.274. The number of carbonyl (C=O) groups is 1. The Bertz CT molecular complexity index is 1500. The average Bonchev–Trinajstić information content (AvgIpc) is 2.86. The van der Waals surface area contributed by atoms with Crippen LogP contribution < -0.4 is 14.9 Å². The zero-order chi connectivity index (χ0) is 25.9. The van der Waals surface area contributed by atoms with E-state index in [4.69, 9.17) is 5.21 Å². The molecule has 7 nitrogen and oxygen atoms in total. The average molecular weight is 516 g/mol. The number of hydrogen-bond acceptors (Lipinski definition) is 5. The fourth-order valence-corrected chi connectivity index (χ4v) is 4.73. The third-order valence-corrected chi connectivity index (χ3v) is 6.80. The smallest absolute Gasteiger partial charge is 0.406 e. The second kappa shape index (κ2) is 9.97. The molecule has 0 radical (unpaired) electrons. The highest BCUT2D eigenvalue weighted by atomic mass is 32.2. The van der Waals surface area contributed by atoms with Crippen LogP contribution >= 0.6 is 0 Å². The number of carbonyl (C=O) groups excluding carboxylic acids is 1. The Labute approximate surface area is 204 Å². The molecule has 0 aliphatic carbocycles. The SMILES string of the molecule is O=C(NO)c1c(CNS(=O)(=O)c2ccc(-c3ccc(OC(F)(F)F)cc3)cc2)ccc2ccccc12. The highest BCUT2D eigenvalue weighted by Gasteiger charge is 2.31. The zero-order valence-electron chi connectivity index (χ0n) is 18.4. The Morgan fingerprint density at radius 2 is 1.47 bits per heavy atom. The lowest BCUT2D eigenvalue weighted by Gasteiger charge is -2.13. The highest BCUT2D eigenvalue weighted by molar-refractivity contribution is 7.89. The summed E-state index contributed by atoms with van der Waals surface area (Å²) >= 11 is 0. The molecule has 186 valence electrons. The van der Waals surface area contributed by atoms with E-state index < -0.39 is 22.3 Å². The van der Waals surface area contributed by atoms with Crippen LogP contribution in [0, 0.1) is 0 Å². The summed E-state index contributed by atoms with van der Waals surface area (Å²) in [5.74, 6) is -1.13. The van der Waals surface area contributed by atoms with Crippen molar-refractivity contribution in [2.75, 3.05) is 0 Å².